The predicted molar refractivity (Wildman–Crippen MR) is 56.3 cm³/mol. The predicted octanol–water partition coefficient (Wildman–Crippen LogP) is 2.55. The van der Waals surface area contributed by atoms with Crippen molar-refractivity contribution in [3.8, 4) is 0 Å². The van der Waals surface area contributed by atoms with E-state index in [1.54, 1.807) is 11.3 Å². The zero-order valence-electron chi connectivity index (χ0n) is 7.86. The number of ether oxygens (including phenoxy) is 1. The molecule has 2 rings (SSSR count). The number of carbonyl (C=O) groups is 1. The first kappa shape index (κ1) is 9.46. The summed E-state index contributed by atoms with van der Waals surface area (Å²) < 4.78 is 5.30. The van der Waals surface area contributed by atoms with Gasteiger partial charge in [0.25, 0.3) is 0 Å². The lowest BCUT2D eigenvalue weighted by Gasteiger charge is -2.13. The summed E-state index contributed by atoms with van der Waals surface area (Å²) >= 11 is 1.62. The average molecular weight is 208 g/mol. The molecule has 0 spiro atoms. The Balaban J connectivity index is 1.98. The molecule has 2 heterocycles. The zero-order chi connectivity index (χ0) is 9.80. The molecule has 0 aliphatic carbocycles. The van der Waals surface area contributed by atoms with Crippen LogP contribution in [0.25, 0.3) is 0 Å². The molecule has 0 bridgehead atoms. The van der Waals surface area contributed by atoms with Gasteiger partial charge in [0, 0.05) is 6.42 Å². The molecule has 0 radical (unpaired) electrons. The van der Waals surface area contributed by atoms with E-state index in [0.717, 1.165) is 18.4 Å². The van der Waals surface area contributed by atoms with Crippen molar-refractivity contribution < 1.29 is 9.53 Å². The number of carbonyl (C=O) groups excluding carboxylic acids is 1. The SMILES string of the molecule is O=C(Cc1ccsc1)C1=CCCCO1. The molecule has 0 atom stereocenters. The summed E-state index contributed by atoms with van der Waals surface area (Å²) in [5, 5.41) is 3.99. The molecule has 1 aliphatic rings. The molecule has 0 saturated carbocycles. The van der Waals surface area contributed by atoms with Crippen LogP contribution in [-0.2, 0) is 16.0 Å². The second-order valence-electron chi connectivity index (χ2n) is 3.29. The number of allylic oxidation sites excluding steroid dienone is 2. The molecule has 0 saturated heterocycles. The van der Waals surface area contributed by atoms with Crippen LogP contribution in [0.15, 0.2) is 28.7 Å². The Morgan fingerprint density at radius 1 is 1.57 bits per heavy atom. The highest BCUT2D eigenvalue weighted by Gasteiger charge is 2.14. The smallest absolute Gasteiger partial charge is 0.201 e. The summed E-state index contributed by atoms with van der Waals surface area (Å²) in [5.74, 6) is 0.658. The summed E-state index contributed by atoms with van der Waals surface area (Å²) in [6.45, 7) is 0.682. The van der Waals surface area contributed by atoms with E-state index < -0.39 is 0 Å². The van der Waals surface area contributed by atoms with Gasteiger partial charge in [-0.1, -0.05) is 0 Å². The first-order valence-electron chi connectivity index (χ1n) is 4.73. The monoisotopic (exact) mass is 208 g/mol. The summed E-state index contributed by atoms with van der Waals surface area (Å²) in [6.07, 6.45) is 4.35. The molecular formula is C11H12O2S. The Labute approximate surface area is 87.2 Å². The third-order valence-electron chi connectivity index (χ3n) is 2.16. The molecule has 0 unspecified atom stereocenters. The largest absolute Gasteiger partial charge is 0.490 e. The second-order valence-corrected chi connectivity index (χ2v) is 4.07. The molecule has 1 aliphatic heterocycles. The van der Waals surface area contributed by atoms with Crippen LogP contribution in [-0.4, -0.2) is 12.4 Å². The minimum absolute atomic E-state index is 0.100. The average Bonchev–Trinajstić information content (AvgIpc) is 2.72. The van der Waals surface area contributed by atoms with Crippen molar-refractivity contribution in [3.63, 3.8) is 0 Å². The Morgan fingerprint density at radius 3 is 3.14 bits per heavy atom. The van der Waals surface area contributed by atoms with Crippen LogP contribution in [0.5, 0.6) is 0 Å². The van der Waals surface area contributed by atoms with E-state index in [0.29, 0.717) is 18.8 Å². The van der Waals surface area contributed by atoms with Gasteiger partial charge in [-0.3, -0.25) is 4.79 Å². The number of Topliss-reactive ketones (excluding diaryl/α,β-unsaturated/α-hetero) is 1. The third-order valence-corrected chi connectivity index (χ3v) is 2.89. The topological polar surface area (TPSA) is 26.3 Å². The van der Waals surface area contributed by atoms with Crippen molar-refractivity contribution in [2.45, 2.75) is 19.3 Å². The molecule has 1 aromatic heterocycles. The molecule has 0 amide bonds. The number of ketones is 1. The number of thiophene rings is 1. The maximum Gasteiger partial charge on any atom is 0.201 e. The van der Waals surface area contributed by atoms with Crippen molar-refractivity contribution >= 4 is 17.1 Å². The maximum atomic E-state index is 11.7. The van der Waals surface area contributed by atoms with E-state index in [1.807, 2.05) is 22.9 Å². The number of hydrogen-bond acceptors (Lipinski definition) is 3. The Hall–Kier alpha value is -1.09. The normalized spacial score (nSPS) is 15.9. The van der Waals surface area contributed by atoms with Gasteiger partial charge < -0.3 is 4.74 Å². The van der Waals surface area contributed by atoms with Crippen molar-refractivity contribution in [2.24, 2.45) is 0 Å². The van der Waals surface area contributed by atoms with Gasteiger partial charge in [0.15, 0.2) is 5.76 Å². The van der Waals surface area contributed by atoms with Crippen LogP contribution in [0, 0.1) is 0 Å². The van der Waals surface area contributed by atoms with Crippen LogP contribution in [0.3, 0.4) is 0 Å². The second kappa shape index (κ2) is 4.42. The maximum absolute atomic E-state index is 11.7. The summed E-state index contributed by atoms with van der Waals surface area (Å²) in [7, 11) is 0. The first-order chi connectivity index (χ1) is 6.86. The van der Waals surface area contributed by atoms with Crippen molar-refractivity contribution in [1.82, 2.24) is 0 Å². The van der Waals surface area contributed by atoms with Gasteiger partial charge in [0.2, 0.25) is 5.78 Å². The van der Waals surface area contributed by atoms with Crippen molar-refractivity contribution in [2.75, 3.05) is 6.61 Å². The highest BCUT2D eigenvalue weighted by Crippen LogP contribution is 2.14. The third kappa shape index (κ3) is 2.23. The molecule has 74 valence electrons. The lowest BCUT2D eigenvalue weighted by molar-refractivity contribution is -0.118. The van der Waals surface area contributed by atoms with Crippen molar-refractivity contribution in [3.05, 3.63) is 34.2 Å². The molecule has 3 heteroatoms. The Kier molecular flexibility index (Phi) is 2.99. The quantitative estimate of drug-likeness (QED) is 0.763. The van der Waals surface area contributed by atoms with Gasteiger partial charge in [-0.05, 0) is 41.3 Å². The van der Waals surface area contributed by atoms with E-state index in [1.165, 1.54) is 0 Å². The van der Waals surface area contributed by atoms with E-state index >= 15 is 0 Å². The van der Waals surface area contributed by atoms with Crippen molar-refractivity contribution in [1.29, 1.82) is 0 Å². The van der Waals surface area contributed by atoms with Gasteiger partial charge in [-0.2, -0.15) is 11.3 Å². The van der Waals surface area contributed by atoms with Crippen LogP contribution < -0.4 is 0 Å². The number of rotatable bonds is 3. The molecule has 2 nitrogen and oxygen atoms in total. The van der Waals surface area contributed by atoms with Gasteiger partial charge in [0.1, 0.15) is 0 Å². The fourth-order valence-corrected chi connectivity index (χ4v) is 2.09. The first-order valence-corrected chi connectivity index (χ1v) is 5.68. The standard InChI is InChI=1S/C11H12O2S/c12-10(7-9-4-6-14-8-9)11-3-1-2-5-13-11/h3-4,6,8H,1-2,5,7H2. The molecular weight excluding hydrogens is 196 g/mol. The fraction of sp³-hybridized carbons (Fsp3) is 0.364. The van der Waals surface area contributed by atoms with Gasteiger partial charge in [0.05, 0.1) is 6.61 Å². The zero-order valence-corrected chi connectivity index (χ0v) is 8.68. The highest BCUT2D eigenvalue weighted by atomic mass is 32.1. The highest BCUT2D eigenvalue weighted by molar-refractivity contribution is 7.08. The molecule has 0 fully saturated rings. The van der Waals surface area contributed by atoms with Crippen LogP contribution in [0.1, 0.15) is 18.4 Å². The van der Waals surface area contributed by atoms with Gasteiger partial charge in [-0.15, -0.1) is 0 Å². The van der Waals surface area contributed by atoms with Gasteiger partial charge in [-0.25, -0.2) is 0 Å². The lowest BCUT2D eigenvalue weighted by Crippen LogP contribution is -2.12. The minimum atomic E-state index is 0.100. The molecule has 14 heavy (non-hydrogen) atoms. The molecule has 0 N–H and O–H groups in total. The molecule has 0 aromatic carbocycles. The Morgan fingerprint density at radius 2 is 2.50 bits per heavy atom. The fourth-order valence-electron chi connectivity index (χ4n) is 1.42. The summed E-state index contributed by atoms with van der Waals surface area (Å²) in [6, 6.07) is 1.98. The van der Waals surface area contributed by atoms with E-state index in [9.17, 15) is 4.79 Å². The summed E-state index contributed by atoms with van der Waals surface area (Å²) in [4.78, 5) is 11.7. The molecule has 1 aromatic rings. The van der Waals surface area contributed by atoms with Crippen LogP contribution in [0.4, 0.5) is 0 Å². The van der Waals surface area contributed by atoms with Crippen LogP contribution in [0.2, 0.25) is 0 Å². The van der Waals surface area contributed by atoms with Gasteiger partial charge >= 0.3 is 0 Å². The lowest BCUT2D eigenvalue weighted by atomic mass is 10.1. The number of hydrogen-bond donors (Lipinski definition) is 0. The minimum Gasteiger partial charge on any atom is -0.490 e. The Bertz CT molecular complexity index is 338. The van der Waals surface area contributed by atoms with Crippen LogP contribution >= 0.6 is 11.3 Å². The van der Waals surface area contributed by atoms with E-state index in [2.05, 4.69) is 0 Å². The summed E-state index contributed by atoms with van der Waals surface area (Å²) in [5.41, 5.74) is 1.08. The van der Waals surface area contributed by atoms with E-state index in [-0.39, 0.29) is 5.78 Å². The van der Waals surface area contributed by atoms with E-state index in [4.69, 9.17) is 4.74 Å².